The number of aryl methyl sites for hydroxylation is 3. The Labute approximate surface area is 224 Å². The van der Waals surface area contributed by atoms with E-state index in [1.807, 2.05) is 70.2 Å². The number of carbonyl (C=O) groups excluding carboxylic acids is 1. The fraction of sp³-hybridized carbons (Fsp3) is 0.367. The van der Waals surface area contributed by atoms with Crippen molar-refractivity contribution in [1.82, 2.24) is 4.98 Å². The standard InChI is InChI=1S/C30H37N3O5/c1-7-24(34)17-33(29(37)32-25-11-8-19(2)14-20(25)3)26-12-9-22(15-21(26)4)23-10-13-27(31-16-23)38-18-30(5,6)28(35)36/h8-16,24,34H,7,17-18H2,1-6H3,(H,32,37)(H,35,36). The van der Waals surface area contributed by atoms with Crippen molar-refractivity contribution in [3.63, 3.8) is 0 Å². The van der Waals surface area contributed by atoms with E-state index in [9.17, 15) is 19.8 Å². The first kappa shape index (κ1) is 28.7. The maximum Gasteiger partial charge on any atom is 0.326 e. The Bertz CT molecular complexity index is 1290. The van der Waals surface area contributed by atoms with Gasteiger partial charge in [-0.25, -0.2) is 9.78 Å². The summed E-state index contributed by atoms with van der Waals surface area (Å²) in [4.78, 5) is 30.5. The quantitative estimate of drug-likeness (QED) is 0.304. The van der Waals surface area contributed by atoms with Crippen molar-refractivity contribution >= 4 is 23.4 Å². The fourth-order valence-corrected chi connectivity index (χ4v) is 3.86. The van der Waals surface area contributed by atoms with Gasteiger partial charge in [-0.1, -0.05) is 30.7 Å². The van der Waals surface area contributed by atoms with Crippen molar-refractivity contribution in [3.8, 4) is 17.0 Å². The highest BCUT2D eigenvalue weighted by Gasteiger charge is 2.28. The number of aliphatic hydroxyl groups is 1. The summed E-state index contributed by atoms with van der Waals surface area (Å²) in [6.45, 7) is 11.1. The number of aliphatic hydroxyl groups excluding tert-OH is 1. The molecule has 3 rings (SSSR count). The molecule has 202 valence electrons. The number of ether oxygens (including phenoxy) is 1. The molecule has 3 N–H and O–H groups in total. The van der Waals surface area contributed by atoms with Crippen LogP contribution in [0.25, 0.3) is 11.1 Å². The second kappa shape index (κ2) is 12.1. The van der Waals surface area contributed by atoms with Crippen molar-refractivity contribution in [1.29, 1.82) is 0 Å². The minimum Gasteiger partial charge on any atom is -0.481 e. The Balaban J connectivity index is 1.82. The van der Waals surface area contributed by atoms with Crippen molar-refractivity contribution in [2.75, 3.05) is 23.4 Å². The fourth-order valence-electron chi connectivity index (χ4n) is 3.86. The summed E-state index contributed by atoms with van der Waals surface area (Å²) in [7, 11) is 0. The number of anilines is 2. The second-order valence-electron chi connectivity index (χ2n) is 10.3. The van der Waals surface area contributed by atoms with Gasteiger partial charge in [-0.3, -0.25) is 9.69 Å². The minimum absolute atomic E-state index is 0.00606. The van der Waals surface area contributed by atoms with Gasteiger partial charge >= 0.3 is 12.0 Å². The predicted octanol–water partition coefficient (Wildman–Crippen LogP) is 5.97. The molecule has 38 heavy (non-hydrogen) atoms. The lowest BCUT2D eigenvalue weighted by atomic mass is 9.95. The summed E-state index contributed by atoms with van der Waals surface area (Å²) in [5.74, 6) is -0.591. The maximum absolute atomic E-state index is 13.4. The highest BCUT2D eigenvalue weighted by Crippen LogP contribution is 2.29. The van der Waals surface area contributed by atoms with E-state index in [1.165, 1.54) is 0 Å². The number of hydrogen-bond acceptors (Lipinski definition) is 5. The number of nitrogens with one attached hydrogen (secondary N) is 1. The van der Waals surface area contributed by atoms with Gasteiger partial charge in [0.25, 0.3) is 0 Å². The number of benzene rings is 2. The van der Waals surface area contributed by atoms with Crippen molar-refractivity contribution in [3.05, 3.63) is 71.4 Å². The third kappa shape index (κ3) is 7.10. The number of hydrogen-bond donors (Lipinski definition) is 3. The third-order valence-electron chi connectivity index (χ3n) is 6.45. The lowest BCUT2D eigenvalue weighted by molar-refractivity contribution is -0.148. The zero-order valence-electron chi connectivity index (χ0n) is 22.9. The molecule has 0 fully saturated rings. The molecule has 8 nitrogen and oxygen atoms in total. The summed E-state index contributed by atoms with van der Waals surface area (Å²) >= 11 is 0. The van der Waals surface area contributed by atoms with E-state index >= 15 is 0 Å². The van der Waals surface area contributed by atoms with Crippen LogP contribution in [0.4, 0.5) is 16.2 Å². The normalized spacial score (nSPS) is 12.1. The summed E-state index contributed by atoms with van der Waals surface area (Å²) in [5.41, 5.74) is 5.11. The third-order valence-corrected chi connectivity index (χ3v) is 6.45. The second-order valence-corrected chi connectivity index (χ2v) is 10.3. The molecule has 0 saturated carbocycles. The molecule has 1 heterocycles. The van der Waals surface area contributed by atoms with Crippen LogP contribution in [-0.2, 0) is 4.79 Å². The van der Waals surface area contributed by atoms with Crippen LogP contribution >= 0.6 is 0 Å². The number of aromatic nitrogens is 1. The molecule has 0 aliphatic heterocycles. The first-order valence-electron chi connectivity index (χ1n) is 12.7. The molecule has 2 amide bonds. The molecule has 0 radical (unpaired) electrons. The molecule has 8 heteroatoms. The highest BCUT2D eigenvalue weighted by atomic mass is 16.5. The molecule has 0 bridgehead atoms. The van der Waals surface area contributed by atoms with E-state index in [1.54, 1.807) is 31.0 Å². The molecular formula is C30H37N3O5. The average Bonchev–Trinajstić information content (AvgIpc) is 2.88. The van der Waals surface area contributed by atoms with Gasteiger partial charge in [-0.15, -0.1) is 0 Å². The van der Waals surface area contributed by atoms with E-state index in [-0.39, 0.29) is 19.2 Å². The number of urea groups is 1. The number of pyridine rings is 1. The van der Waals surface area contributed by atoms with Gasteiger partial charge < -0.3 is 20.3 Å². The topological polar surface area (TPSA) is 112 Å². The van der Waals surface area contributed by atoms with Crippen LogP contribution in [0.5, 0.6) is 5.88 Å². The zero-order valence-corrected chi connectivity index (χ0v) is 22.9. The van der Waals surface area contributed by atoms with Crippen LogP contribution in [0.15, 0.2) is 54.7 Å². The summed E-state index contributed by atoms with van der Waals surface area (Å²) in [6.07, 6.45) is 1.53. The number of aliphatic carboxylic acids is 1. The number of carbonyl (C=O) groups is 2. The number of rotatable bonds is 10. The monoisotopic (exact) mass is 519 g/mol. The Morgan fingerprint density at radius 3 is 2.32 bits per heavy atom. The smallest absolute Gasteiger partial charge is 0.326 e. The molecule has 1 atom stereocenters. The molecule has 0 aliphatic carbocycles. The van der Waals surface area contributed by atoms with E-state index in [2.05, 4.69) is 10.3 Å². The maximum atomic E-state index is 13.4. The van der Waals surface area contributed by atoms with Crippen molar-refractivity contribution < 1.29 is 24.5 Å². The van der Waals surface area contributed by atoms with Crippen LogP contribution in [-0.4, -0.2) is 46.5 Å². The van der Waals surface area contributed by atoms with E-state index in [0.717, 1.165) is 33.5 Å². The predicted molar refractivity (Wildman–Crippen MR) is 150 cm³/mol. The summed E-state index contributed by atoms with van der Waals surface area (Å²) in [6, 6.07) is 14.8. The van der Waals surface area contributed by atoms with Gasteiger partial charge in [-0.05, 0) is 82.0 Å². The van der Waals surface area contributed by atoms with E-state index < -0.39 is 17.5 Å². The summed E-state index contributed by atoms with van der Waals surface area (Å²) < 4.78 is 5.57. The highest BCUT2D eigenvalue weighted by molar-refractivity contribution is 6.02. The minimum atomic E-state index is -1.02. The largest absolute Gasteiger partial charge is 0.481 e. The Hall–Kier alpha value is -3.91. The lowest BCUT2D eigenvalue weighted by Crippen LogP contribution is -2.40. The molecule has 0 saturated heterocycles. The molecule has 2 aromatic carbocycles. The van der Waals surface area contributed by atoms with Crippen LogP contribution in [0.2, 0.25) is 0 Å². The first-order chi connectivity index (χ1) is 17.9. The lowest BCUT2D eigenvalue weighted by Gasteiger charge is -2.27. The number of carboxylic acids is 1. The number of carboxylic acid groups (broad SMARTS) is 1. The van der Waals surface area contributed by atoms with Crippen LogP contribution in [0.1, 0.15) is 43.9 Å². The number of amides is 2. The molecular weight excluding hydrogens is 482 g/mol. The van der Waals surface area contributed by atoms with Gasteiger partial charge in [0.2, 0.25) is 5.88 Å². The Morgan fingerprint density at radius 2 is 1.74 bits per heavy atom. The number of nitrogens with zero attached hydrogens (tertiary/aromatic N) is 2. The van der Waals surface area contributed by atoms with Gasteiger partial charge in [0.15, 0.2) is 0 Å². The first-order valence-corrected chi connectivity index (χ1v) is 12.7. The van der Waals surface area contributed by atoms with E-state index in [4.69, 9.17) is 4.74 Å². The Kier molecular flexibility index (Phi) is 9.12. The van der Waals surface area contributed by atoms with Crippen molar-refractivity contribution in [2.45, 2.75) is 54.1 Å². The molecule has 1 aromatic heterocycles. The van der Waals surface area contributed by atoms with Gasteiger partial charge in [0.05, 0.1) is 18.1 Å². The zero-order chi connectivity index (χ0) is 28.0. The van der Waals surface area contributed by atoms with Crippen LogP contribution in [0, 0.1) is 26.2 Å². The molecule has 0 spiro atoms. The molecule has 0 aliphatic rings. The van der Waals surface area contributed by atoms with Crippen LogP contribution < -0.4 is 15.0 Å². The van der Waals surface area contributed by atoms with Gasteiger partial charge in [0, 0.05) is 29.2 Å². The van der Waals surface area contributed by atoms with Crippen LogP contribution in [0.3, 0.4) is 0 Å². The molecule has 1 unspecified atom stereocenters. The Morgan fingerprint density at radius 1 is 1.03 bits per heavy atom. The molecule has 3 aromatic rings. The van der Waals surface area contributed by atoms with Gasteiger partial charge in [-0.2, -0.15) is 0 Å². The summed E-state index contributed by atoms with van der Waals surface area (Å²) in [5, 5.41) is 22.6. The van der Waals surface area contributed by atoms with Gasteiger partial charge in [0.1, 0.15) is 6.61 Å². The van der Waals surface area contributed by atoms with Crippen molar-refractivity contribution in [2.24, 2.45) is 5.41 Å². The average molecular weight is 520 g/mol. The van der Waals surface area contributed by atoms with E-state index in [0.29, 0.717) is 18.0 Å². The SMILES string of the molecule is CCC(O)CN(C(=O)Nc1ccc(C)cc1C)c1ccc(-c2ccc(OCC(C)(C)C(=O)O)nc2)cc1C.